The van der Waals surface area contributed by atoms with Gasteiger partial charge in [-0.25, -0.2) is 13.1 Å². The molecule has 7 nitrogen and oxygen atoms in total. The number of aliphatic hydroxyl groups is 1. The Morgan fingerprint density at radius 3 is 2.73 bits per heavy atom. The summed E-state index contributed by atoms with van der Waals surface area (Å²) in [6, 6.07) is 5.08. The molecule has 2 N–H and O–H groups in total. The van der Waals surface area contributed by atoms with Crippen molar-refractivity contribution in [1.29, 1.82) is 0 Å². The smallest absolute Gasteiger partial charge is 0.264 e. The number of hydrogen-bond donors (Lipinski definition) is 2. The van der Waals surface area contributed by atoms with Crippen molar-refractivity contribution in [3.8, 4) is 5.75 Å². The minimum Gasteiger partial charge on any atom is -0.487 e. The van der Waals surface area contributed by atoms with Gasteiger partial charge in [0.05, 0.1) is 17.0 Å². The maximum Gasteiger partial charge on any atom is 0.264 e. The summed E-state index contributed by atoms with van der Waals surface area (Å²) in [5, 5.41) is 10.9. The van der Waals surface area contributed by atoms with E-state index in [-0.39, 0.29) is 29.9 Å². The van der Waals surface area contributed by atoms with Gasteiger partial charge in [-0.15, -0.1) is 0 Å². The highest BCUT2D eigenvalue weighted by molar-refractivity contribution is 7.90. The van der Waals surface area contributed by atoms with Crippen LogP contribution in [-0.4, -0.2) is 50.5 Å². The third-order valence-electron chi connectivity index (χ3n) is 8.87. The molecule has 9 heteroatoms. The van der Waals surface area contributed by atoms with Gasteiger partial charge in [0, 0.05) is 23.7 Å². The van der Waals surface area contributed by atoms with Crippen molar-refractivity contribution in [3.05, 3.63) is 70.8 Å². The highest BCUT2D eigenvalue weighted by atomic mass is 35.5. The van der Waals surface area contributed by atoms with Crippen LogP contribution in [0.3, 0.4) is 0 Å². The molecule has 2 aliphatic heterocycles. The number of nitrogens with zero attached hydrogens (tertiary/aromatic N) is 1. The van der Waals surface area contributed by atoms with Crippen molar-refractivity contribution in [2.45, 2.75) is 70.7 Å². The SMILES string of the molecule is C=C1COc2ccc3cc2N(CCCC/C1=C/C(Cl)=C\C)C[C@@H]1CC[C@H]1[C@@H](O)/C=C/C[C@H](C)[C@@H](C)S(=O)(=O)NC3=O. The molecule has 0 saturated heterocycles. The molecule has 0 aromatic heterocycles. The Balaban J connectivity index is 1.74. The predicted molar refractivity (Wildman–Crippen MR) is 166 cm³/mol. The summed E-state index contributed by atoms with van der Waals surface area (Å²) in [6.45, 7) is 11.3. The lowest BCUT2D eigenvalue weighted by atomic mass is 9.70. The molecule has 41 heavy (non-hydrogen) atoms. The molecule has 1 fully saturated rings. The Hall–Kier alpha value is -2.55. The van der Waals surface area contributed by atoms with Crippen LogP contribution in [0.15, 0.2) is 65.3 Å². The first-order chi connectivity index (χ1) is 19.5. The average Bonchev–Trinajstić information content (AvgIpc) is 2.94. The second kappa shape index (κ2) is 13.6. The number of halogens is 1. The number of benzene rings is 1. The van der Waals surface area contributed by atoms with Crippen LogP contribution in [0, 0.1) is 17.8 Å². The fourth-order valence-electron chi connectivity index (χ4n) is 5.72. The number of carbonyl (C=O) groups is 1. The number of hydrogen-bond acceptors (Lipinski definition) is 6. The normalized spacial score (nSPS) is 31.6. The highest BCUT2D eigenvalue weighted by Crippen LogP contribution is 2.41. The fraction of sp³-hybridized carbons (Fsp3) is 0.531. The van der Waals surface area contributed by atoms with Gasteiger partial charge in [-0.05, 0) is 106 Å². The number of amides is 1. The molecule has 5 atom stereocenters. The molecule has 2 heterocycles. The summed E-state index contributed by atoms with van der Waals surface area (Å²) in [4.78, 5) is 15.5. The number of anilines is 1. The van der Waals surface area contributed by atoms with Gasteiger partial charge in [0.2, 0.25) is 10.0 Å². The molecular formula is C32H43ClN2O5S. The second-order valence-corrected chi connectivity index (χ2v) is 14.1. The van der Waals surface area contributed by atoms with Gasteiger partial charge in [-0.2, -0.15) is 0 Å². The van der Waals surface area contributed by atoms with Gasteiger partial charge in [-0.1, -0.05) is 43.3 Å². The number of rotatable bonds is 1. The fourth-order valence-corrected chi connectivity index (χ4v) is 7.14. The molecule has 2 bridgehead atoms. The molecule has 1 aromatic carbocycles. The third-order valence-corrected chi connectivity index (χ3v) is 11.1. The van der Waals surface area contributed by atoms with Crippen LogP contribution in [-0.2, 0) is 10.0 Å². The zero-order chi connectivity index (χ0) is 29.7. The van der Waals surface area contributed by atoms with Gasteiger partial charge < -0.3 is 14.7 Å². The van der Waals surface area contributed by atoms with Crippen LogP contribution in [0.25, 0.3) is 0 Å². The van der Waals surface area contributed by atoms with Crippen LogP contribution in [0.5, 0.6) is 5.75 Å². The lowest BCUT2D eigenvalue weighted by molar-refractivity contribution is 0.0461. The van der Waals surface area contributed by atoms with Crippen LogP contribution in [0.2, 0.25) is 0 Å². The van der Waals surface area contributed by atoms with Crippen molar-refractivity contribution in [3.63, 3.8) is 0 Å². The Morgan fingerprint density at radius 1 is 1.24 bits per heavy atom. The van der Waals surface area contributed by atoms with E-state index < -0.39 is 27.3 Å². The largest absolute Gasteiger partial charge is 0.487 e. The zero-order valence-corrected chi connectivity index (χ0v) is 25.9. The maximum absolute atomic E-state index is 13.3. The Labute approximate surface area is 250 Å². The van der Waals surface area contributed by atoms with E-state index in [9.17, 15) is 18.3 Å². The Morgan fingerprint density at radius 2 is 2.02 bits per heavy atom. The van der Waals surface area contributed by atoms with Gasteiger partial charge in [0.1, 0.15) is 12.4 Å². The quantitative estimate of drug-likeness (QED) is 0.377. The van der Waals surface area contributed by atoms with E-state index in [1.807, 2.05) is 38.2 Å². The number of aliphatic hydroxyl groups excluding tert-OH is 1. The Bertz CT molecular complexity index is 1340. The van der Waals surface area contributed by atoms with Crippen molar-refractivity contribution in [2.75, 3.05) is 24.6 Å². The molecule has 1 saturated carbocycles. The molecule has 3 aliphatic rings. The van der Waals surface area contributed by atoms with Gasteiger partial charge >= 0.3 is 0 Å². The summed E-state index contributed by atoms with van der Waals surface area (Å²) in [7, 11) is -3.92. The van der Waals surface area contributed by atoms with Gasteiger partial charge in [0.15, 0.2) is 0 Å². The van der Waals surface area contributed by atoms with Gasteiger partial charge in [0.25, 0.3) is 5.91 Å². The van der Waals surface area contributed by atoms with E-state index in [1.165, 1.54) is 0 Å². The Kier molecular flexibility index (Phi) is 10.4. The molecule has 1 amide bonds. The standard InChI is InChI=1S/C32H43ClN2O5S/c1-5-27(33)17-24-10-6-7-16-35-19-26-12-14-28(26)30(36)11-8-9-21(2)23(4)41(38,39)34-32(37)25-13-15-31(29(35)18-25)40-20-22(24)3/h5,8,11,13,15,17-18,21,23,26,28,30,36H,3,6-7,9-10,12,14,16,19-20H2,1-2,4H3,(H,34,37)/b11-8+,24-17-,27-5+/t21-,23+,26-,28+,30-/m0/s1. The number of ether oxygens (including phenoxy) is 1. The van der Waals surface area contributed by atoms with Crippen molar-refractivity contribution in [1.82, 2.24) is 4.72 Å². The molecule has 1 aromatic rings. The summed E-state index contributed by atoms with van der Waals surface area (Å²) >= 11 is 6.32. The first-order valence-electron chi connectivity index (χ1n) is 14.6. The first-order valence-corrected chi connectivity index (χ1v) is 16.6. The minimum atomic E-state index is -3.92. The van der Waals surface area contributed by atoms with Crippen molar-refractivity contribution < 1.29 is 23.1 Å². The topological polar surface area (TPSA) is 95.9 Å². The lowest BCUT2D eigenvalue weighted by Crippen LogP contribution is -2.43. The van der Waals surface area contributed by atoms with E-state index >= 15 is 0 Å². The zero-order valence-electron chi connectivity index (χ0n) is 24.3. The lowest BCUT2D eigenvalue weighted by Gasteiger charge is -2.42. The number of nitrogens with one attached hydrogen (secondary N) is 1. The van der Waals surface area contributed by atoms with Crippen LogP contribution >= 0.6 is 11.6 Å². The van der Waals surface area contributed by atoms with E-state index in [4.69, 9.17) is 16.3 Å². The second-order valence-electron chi connectivity index (χ2n) is 11.6. The molecule has 0 unspecified atom stereocenters. The summed E-state index contributed by atoms with van der Waals surface area (Å²) in [5.74, 6) is 0.121. The third kappa shape index (κ3) is 7.65. The maximum atomic E-state index is 13.3. The minimum absolute atomic E-state index is 0.127. The molecule has 0 spiro atoms. The predicted octanol–water partition coefficient (Wildman–Crippen LogP) is 6.11. The number of allylic oxidation sites excluding steroid dienone is 4. The van der Waals surface area contributed by atoms with Gasteiger partial charge in [-0.3, -0.25) is 4.79 Å². The van der Waals surface area contributed by atoms with E-state index in [2.05, 4.69) is 16.2 Å². The van der Waals surface area contributed by atoms with E-state index in [1.54, 1.807) is 25.1 Å². The van der Waals surface area contributed by atoms with E-state index in [0.717, 1.165) is 55.5 Å². The molecular weight excluding hydrogens is 560 g/mol. The molecule has 224 valence electrons. The molecule has 0 radical (unpaired) electrons. The average molecular weight is 603 g/mol. The van der Waals surface area contributed by atoms with Crippen LogP contribution in [0.4, 0.5) is 5.69 Å². The van der Waals surface area contributed by atoms with Crippen molar-refractivity contribution in [2.24, 2.45) is 17.8 Å². The summed E-state index contributed by atoms with van der Waals surface area (Å²) in [5.41, 5.74) is 2.88. The number of fused-ring (bicyclic) bond motifs is 2. The molecule has 1 aliphatic carbocycles. The monoisotopic (exact) mass is 602 g/mol. The highest BCUT2D eigenvalue weighted by Gasteiger charge is 2.37. The first kappa shape index (κ1) is 31.4. The summed E-state index contributed by atoms with van der Waals surface area (Å²) < 4.78 is 34.8. The van der Waals surface area contributed by atoms with Crippen LogP contribution < -0.4 is 14.4 Å². The van der Waals surface area contributed by atoms with Crippen molar-refractivity contribution >= 4 is 33.2 Å². The number of carbonyl (C=O) groups excluding carboxylic acids is 1. The number of sulfonamides is 1. The summed E-state index contributed by atoms with van der Waals surface area (Å²) in [6.07, 6.45) is 12.0. The van der Waals surface area contributed by atoms with E-state index in [0.29, 0.717) is 23.7 Å². The van der Waals surface area contributed by atoms with Crippen LogP contribution in [0.1, 0.15) is 69.7 Å². The molecule has 4 rings (SSSR count).